The van der Waals surface area contributed by atoms with Crippen LogP contribution < -0.4 is 34.4 Å². The minimum absolute atomic E-state index is 0. The third-order valence-corrected chi connectivity index (χ3v) is 0. The van der Waals surface area contributed by atoms with Gasteiger partial charge in [-0.3, -0.25) is 0 Å². The minimum Gasteiger partial charge on any atom is -0.794 e. The number of hydrogen-bond acceptors (Lipinski definition) is 4. The molecule has 3 N–H and O–H groups in total. The smallest absolute Gasteiger partial charge is 0.794 e. The summed E-state index contributed by atoms with van der Waals surface area (Å²) in [6, 6.07) is 0. The minimum atomic E-state index is -4.86. The van der Waals surface area contributed by atoms with E-state index >= 15 is 0 Å². The summed E-state index contributed by atoms with van der Waals surface area (Å²) in [5, 5.41) is 0. The molecule has 0 rings (SSSR count). The van der Waals surface area contributed by atoms with Crippen molar-refractivity contribution in [2.45, 2.75) is 6.55 Å². The van der Waals surface area contributed by atoms with Crippen LogP contribution in [-0.2, 0) is 0 Å². The van der Waals surface area contributed by atoms with Crippen LogP contribution in [0.3, 0.4) is 0 Å². The Balaban J connectivity index is -0.0000000750. The Bertz CT molecular complexity index is 29.5. The van der Waals surface area contributed by atoms with Crippen LogP contribution in [0.1, 0.15) is 0 Å². The maximum Gasteiger partial charge on any atom is 1.00 e. The Labute approximate surface area is 74.4 Å². The summed E-state index contributed by atoms with van der Waals surface area (Å²) in [4.78, 5) is 30.6. The predicted octanol–water partition coefficient (Wildman–Crippen LogP) is -6.84. The van der Waals surface area contributed by atoms with Gasteiger partial charge in [0.25, 0.3) is 0 Å². The zero-order valence-corrected chi connectivity index (χ0v) is 10.2. The van der Waals surface area contributed by atoms with Gasteiger partial charge in [-0.25, -0.2) is 0 Å². The molecule has 46 valence electrons. The molecular weight excluding hydrogens is 155 g/mol. The largest absolute Gasteiger partial charge is 1.00 e. The summed E-state index contributed by atoms with van der Waals surface area (Å²) < 4.78 is 0. The molecule has 0 amide bonds. The number of rotatable bonds is 0. The zero-order chi connectivity index (χ0) is 6.50. The molecule has 8 heavy (non-hydrogen) atoms. The molecule has 7 heteroatoms. The third kappa shape index (κ3) is 176. The third-order valence-electron chi connectivity index (χ3n) is 0. The Morgan fingerprint density at radius 1 is 1.25 bits per heavy atom. The molecule has 0 saturated carbocycles. The quantitative estimate of drug-likeness (QED) is 0.311. The number of hydrogen-bond donors (Lipinski definition) is 3. The maximum atomic E-state index is 8.91. The molecule has 0 unspecified atom stereocenters. The van der Waals surface area contributed by atoms with Crippen molar-refractivity contribution in [1.82, 2.24) is 0 Å². The molecule has 0 aliphatic rings. The predicted molar refractivity (Wildman–Crippen MR) is 28.2 cm³/mol. The summed E-state index contributed by atoms with van der Waals surface area (Å²) >= 11 is 0. The van der Waals surface area contributed by atoms with Crippen LogP contribution in [0.15, 0.2) is 0 Å². The SMILES string of the molecule is C[SiH3].[Na+].[O-][Si](O)(O)O. The molecule has 0 aromatic rings. The molecule has 0 aromatic heterocycles. The van der Waals surface area contributed by atoms with E-state index in [1.165, 1.54) is 10.2 Å². The van der Waals surface area contributed by atoms with Crippen molar-refractivity contribution in [3.63, 3.8) is 0 Å². The molecule has 0 bridgehead atoms. The molecule has 0 saturated heterocycles. The summed E-state index contributed by atoms with van der Waals surface area (Å²) in [5.41, 5.74) is 0. The van der Waals surface area contributed by atoms with Gasteiger partial charge in [0, 0.05) is 0 Å². The van der Waals surface area contributed by atoms with E-state index < -0.39 is 9.05 Å². The zero-order valence-electron chi connectivity index (χ0n) is 5.25. The molecule has 0 atom stereocenters. The van der Waals surface area contributed by atoms with E-state index in [0.717, 1.165) is 0 Å². The van der Waals surface area contributed by atoms with Gasteiger partial charge >= 0.3 is 38.6 Å². The van der Waals surface area contributed by atoms with Crippen molar-refractivity contribution in [2.24, 2.45) is 0 Å². The van der Waals surface area contributed by atoms with Crippen LogP contribution in [-0.4, -0.2) is 33.7 Å². The molecular formula is CH9NaO4Si2. The van der Waals surface area contributed by atoms with Gasteiger partial charge in [0.1, 0.15) is 0 Å². The first-order valence-corrected chi connectivity index (χ1v) is 5.62. The van der Waals surface area contributed by atoms with Crippen molar-refractivity contribution >= 4 is 19.3 Å². The van der Waals surface area contributed by atoms with Gasteiger partial charge in [0.05, 0.1) is 0 Å². The summed E-state index contributed by atoms with van der Waals surface area (Å²) in [5.74, 6) is 0. The van der Waals surface area contributed by atoms with Crippen LogP contribution in [0.5, 0.6) is 0 Å². The molecule has 0 heterocycles. The van der Waals surface area contributed by atoms with Gasteiger partial charge in [0.2, 0.25) is 0 Å². The Hall–Kier alpha value is 1.27. The first kappa shape index (κ1) is 16.1. The molecule has 0 spiro atoms. The summed E-state index contributed by atoms with van der Waals surface area (Å²) in [7, 11) is -3.56. The van der Waals surface area contributed by atoms with E-state index in [0.29, 0.717) is 0 Å². The van der Waals surface area contributed by atoms with E-state index in [4.69, 9.17) is 19.2 Å². The fourth-order valence-corrected chi connectivity index (χ4v) is 0. The van der Waals surface area contributed by atoms with Gasteiger partial charge in [-0.05, 0) is 10.2 Å². The second kappa shape index (κ2) is 8.27. The molecule has 0 fully saturated rings. The van der Waals surface area contributed by atoms with Crippen LogP contribution in [0.2, 0.25) is 6.55 Å². The van der Waals surface area contributed by atoms with Crippen LogP contribution in [0, 0.1) is 0 Å². The fourth-order valence-electron chi connectivity index (χ4n) is 0. The Morgan fingerprint density at radius 3 is 1.25 bits per heavy atom. The summed E-state index contributed by atoms with van der Waals surface area (Å²) in [6.45, 7) is 2.14. The van der Waals surface area contributed by atoms with Crippen molar-refractivity contribution in [3.8, 4) is 0 Å². The van der Waals surface area contributed by atoms with Crippen LogP contribution >= 0.6 is 0 Å². The topological polar surface area (TPSA) is 83.8 Å². The Kier molecular flexibility index (Phi) is 16.7. The van der Waals surface area contributed by atoms with E-state index in [9.17, 15) is 0 Å². The standard InChI is InChI=1S/CH6Si.Na.H3O4Si/c1-2;;1-5(2,3)4/h1-2H3;;1-3H/q;+1;-1. The Morgan fingerprint density at radius 2 is 1.25 bits per heavy atom. The van der Waals surface area contributed by atoms with Crippen molar-refractivity contribution in [2.75, 3.05) is 0 Å². The van der Waals surface area contributed by atoms with E-state index in [1.54, 1.807) is 0 Å². The fraction of sp³-hybridized carbons (Fsp3) is 1.00. The molecule has 0 aromatic carbocycles. The second-order valence-electron chi connectivity index (χ2n) is 0.574. The van der Waals surface area contributed by atoms with Gasteiger partial charge in [-0.15, -0.1) is 0 Å². The van der Waals surface area contributed by atoms with Crippen molar-refractivity contribution in [1.29, 1.82) is 0 Å². The van der Waals surface area contributed by atoms with E-state index in [-0.39, 0.29) is 29.6 Å². The molecule has 0 aliphatic heterocycles. The molecule has 4 nitrogen and oxygen atoms in total. The van der Waals surface area contributed by atoms with Gasteiger partial charge < -0.3 is 19.2 Å². The second-order valence-corrected chi connectivity index (χ2v) is 1.72. The molecule has 0 aliphatic carbocycles. The summed E-state index contributed by atoms with van der Waals surface area (Å²) in [6.07, 6.45) is 0. The average Bonchev–Trinajstić information content (AvgIpc) is 1.36. The van der Waals surface area contributed by atoms with Gasteiger partial charge in [-0.1, -0.05) is 6.55 Å². The monoisotopic (exact) mass is 164 g/mol. The van der Waals surface area contributed by atoms with Crippen molar-refractivity contribution < 1.29 is 48.7 Å². The first-order valence-electron chi connectivity index (χ1n) is 1.87. The molecule has 0 radical (unpaired) electrons. The maximum absolute atomic E-state index is 8.91. The normalized spacial score (nSPS) is 8.62. The van der Waals surface area contributed by atoms with Crippen molar-refractivity contribution in [3.05, 3.63) is 0 Å². The van der Waals surface area contributed by atoms with Crippen LogP contribution in [0.4, 0.5) is 0 Å². The first-order chi connectivity index (χ1) is 3.00. The van der Waals surface area contributed by atoms with E-state index in [1.807, 2.05) is 0 Å². The van der Waals surface area contributed by atoms with E-state index in [2.05, 4.69) is 6.55 Å². The van der Waals surface area contributed by atoms with Gasteiger partial charge in [0.15, 0.2) is 0 Å². The van der Waals surface area contributed by atoms with Gasteiger partial charge in [-0.2, -0.15) is 0 Å². The van der Waals surface area contributed by atoms with Crippen LogP contribution in [0.25, 0.3) is 0 Å². The average molecular weight is 164 g/mol.